The maximum absolute atomic E-state index is 12.7. The fraction of sp³-hybridized carbons (Fsp3) is 0.667. The molecule has 0 saturated heterocycles. The van der Waals surface area contributed by atoms with Gasteiger partial charge in [0.05, 0.1) is 14.2 Å². The second-order valence-electron chi connectivity index (χ2n) is 2.07. The van der Waals surface area contributed by atoms with Gasteiger partial charge in [-0.1, -0.05) is 0 Å². The van der Waals surface area contributed by atoms with Gasteiger partial charge in [-0.25, -0.2) is 4.79 Å². The lowest BCUT2D eigenvalue weighted by Gasteiger charge is -2.11. The van der Waals surface area contributed by atoms with Crippen molar-refractivity contribution in [3.8, 4) is 0 Å². The van der Waals surface area contributed by atoms with Gasteiger partial charge in [0.2, 0.25) is 0 Å². The lowest BCUT2D eigenvalue weighted by atomic mass is 10.7. The molecule has 0 aliphatic heterocycles. The number of ether oxygens (including phenoxy) is 2. The van der Waals surface area contributed by atoms with Crippen molar-refractivity contribution in [1.29, 1.82) is 0 Å². The Bertz CT molecular complexity index is 265. The third kappa shape index (κ3) is 3.02. The van der Waals surface area contributed by atoms with Crippen molar-refractivity contribution in [1.82, 2.24) is 0 Å². The summed E-state index contributed by atoms with van der Waals surface area (Å²) in [7, 11) is -1.29. The minimum Gasteiger partial charge on any atom is -0.468 e. The molecule has 0 fully saturated rings. The molecule has 0 amide bonds. The summed E-state index contributed by atoms with van der Waals surface area (Å²) in [6.07, 6.45) is 0. The van der Waals surface area contributed by atoms with Crippen LogP contribution in [0.5, 0.6) is 0 Å². The first-order chi connectivity index (χ1) is 6.36. The number of hydrogen-bond acceptors (Lipinski definition) is 5. The van der Waals surface area contributed by atoms with Crippen LogP contribution in [0.3, 0.4) is 0 Å². The van der Waals surface area contributed by atoms with Gasteiger partial charge < -0.3 is 9.47 Å². The molecule has 0 aromatic heterocycles. The van der Waals surface area contributed by atoms with Gasteiger partial charge in [-0.2, -0.15) is 8.78 Å². The van der Waals surface area contributed by atoms with Crippen LogP contribution in [-0.4, -0.2) is 41.4 Å². The summed E-state index contributed by atoms with van der Waals surface area (Å²) >= 11 is 0. The van der Waals surface area contributed by atoms with Crippen LogP contribution in [0.1, 0.15) is 0 Å². The summed E-state index contributed by atoms with van der Waals surface area (Å²) in [5.41, 5.74) is 0. The summed E-state index contributed by atoms with van der Waals surface area (Å²) in [6.45, 7) is 0. The van der Waals surface area contributed by atoms with Crippen LogP contribution in [0, 0.1) is 0 Å². The quantitative estimate of drug-likeness (QED) is 0.619. The lowest BCUT2D eigenvalue weighted by molar-refractivity contribution is -0.157. The zero-order chi connectivity index (χ0) is 11.4. The predicted octanol–water partition coefficient (Wildman–Crippen LogP) is -0.326. The molecule has 1 unspecified atom stereocenters. The fourth-order valence-corrected chi connectivity index (χ4v) is 1.25. The fourth-order valence-electron chi connectivity index (χ4n) is 0.468. The standard InChI is InChI=1S/C6H8F2O5S/c1-12-4(9)3-14(11)6(7,8)5(10)13-2/h3H2,1-2H3. The van der Waals surface area contributed by atoms with Crippen LogP contribution >= 0.6 is 0 Å². The minimum atomic E-state index is -4.19. The third-order valence-electron chi connectivity index (χ3n) is 1.19. The van der Waals surface area contributed by atoms with E-state index in [-0.39, 0.29) is 0 Å². The monoisotopic (exact) mass is 230 g/mol. The van der Waals surface area contributed by atoms with E-state index in [4.69, 9.17) is 0 Å². The van der Waals surface area contributed by atoms with Crippen LogP contribution in [0.2, 0.25) is 0 Å². The van der Waals surface area contributed by atoms with Crippen molar-refractivity contribution in [2.45, 2.75) is 5.25 Å². The van der Waals surface area contributed by atoms with Crippen LogP contribution < -0.4 is 0 Å². The Balaban J connectivity index is 4.51. The normalized spacial score (nSPS) is 13.1. The van der Waals surface area contributed by atoms with Gasteiger partial charge in [0.1, 0.15) is 16.6 Å². The van der Waals surface area contributed by atoms with Gasteiger partial charge in [0.25, 0.3) is 0 Å². The number of alkyl halides is 2. The smallest absolute Gasteiger partial charge is 0.416 e. The number of rotatable bonds is 4. The van der Waals surface area contributed by atoms with E-state index in [2.05, 4.69) is 9.47 Å². The largest absolute Gasteiger partial charge is 0.468 e. The van der Waals surface area contributed by atoms with Gasteiger partial charge >= 0.3 is 17.2 Å². The number of carbonyl (C=O) groups excluding carboxylic acids is 2. The zero-order valence-electron chi connectivity index (χ0n) is 7.41. The highest BCUT2D eigenvalue weighted by atomic mass is 32.2. The zero-order valence-corrected chi connectivity index (χ0v) is 8.23. The molecule has 1 atom stereocenters. The molecular weight excluding hydrogens is 222 g/mol. The van der Waals surface area contributed by atoms with Crippen LogP contribution in [-0.2, 0) is 29.9 Å². The van der Waals surface area contributed by atoms with E-state index in [1.54, 1.807) is 0 Å². The molecule has 14 heavy (non-hydrogen) atoms. The highest BCUT2D eigenvalue weighted by Crippen LogP contribution is 2.20. The highest BCUT2D eigenvalue weighted by Gasteiger charge is 2.47. The third-order valence-corrected chi connectivity index (χ3v) is 2.42. The molecule has 82 valence electrons. The number of carbonyl (C=O) groups is 2. The molecule has 0 rings (SSSR count). The number of esters is 2. The van der Waals surface area contributed by atoms with Crippen LogP contribution in [0.4, 0.5) is 8.78 Å². The number of methoxy groups -OCH3 is 2. The second-order valence-corrected chi connectivity index (χ2v) is 3.57. The van der Waals surface area contributed by atoms with Crippen molar-refractivity contribution in [2.75, 3.05) is 20.0 Å². The first-order valence-corrected chi connectivity index (χ1v) is 4.59. The van der Waals surface area contributed by atoms with E-state index < -0.39 is 33.7 Å². The van der Waals surface area contributed by atoms with E-state index in [1.807, 2.05) is 0 Å². The van der Waals surface area contributed by atoms with Gasteiger partial charge in [0.15, 0.2) is 0 Å². The Morgan fingerprint density at radius 1 is 1.29 bits per heavy atom. The van der Waals surface area contributed by atoms with Gasteiger partial charge in [-0.15, -0.1) is 0 Å². The molecular formula is C6H8F2O5S. The molecule has 0 N–H and O–H groups in total. The maximum atomic E-state index is 12.7. The van der Waals surface area contributed by atoms with Crippen molar-refractivity contribution >= 4 is 22.7 Å². The van der Waals surface area contributed by atoms with Crippen LogP contribution in [0.25, 0.3) is 0 Å². The summed E-state index contributed by atoms with van der Waals surface area (Å²) in [6, 6.07) is 0. The molecule has 8 heteroatoms. The molecule has 0 aliphatic rings. The summed E-state index contributed by atoms with van der Waals surface area (Å²) in [5, 5.41) is -4.19. The van der Waals surface area contributed by atoms with Crippen LogP contribution in [0.15, 0.2) is 0 Å². The molecule has 5 nitrogen and oxygen atoms in total. The van der Waals surface area contributed by atoms with Crippen molar-refractivity contribution < 1.29 is 32.1 Å². The highest BCUT2D eigenvalue weighted by molar-refractivity contribution is 7.87. The molecule has 0 radical (unpaired) electrons. The van der Waals surface area contributed by atoms with Crippen molar-refractivity contribution in [3.63, 3.8) is 0 Å². The van der Waals surface area contributed by atoms with Gasteiger partial charge in [-0.3, -0.25) is 9.00 Å². The number of halogens is 2. The van der Waals surface area contributed by atoms with Gasteiger partial charge in [-0.05, 0) is 0 Å². The Morgan fingerprint density at radius 3 is 2.14 bits per heavy atom. The van der Waals surface area contributed by atoms with E-state index in [0.29, 0.717) is 0 Å². The Morgan fingerprint density at radius 2 is 1.79 bits per heavy atom. The average Bonchev–Trinajstić information content (AvgIpc) is 2.15. The molecule has 0 heterocycles. The van der Waals surface area contributed by atoms with Gasteiger partial charge in [0, 0.05) is 0 Å². The predicted molar refractivity (Wildman–Crippen MR) is 42.0 cm³/mol. The molecule has 0 aromatic carbocycles. The number of hydrogen-bond donors (Lipinski definition) is 0. The van der Waals surface area contributed by atoms with E-state index in [9.17, 15) is 22.6 Å². The Labute approximate surface area is 80.8 Å². The summed E-state index contributed by atoms with van der Waals surface area (Å²) in [4.78, 5) is 20.9. The molecule has 0 spiro atoms. The Hall–Kier alpha value is -1.05. The Kier molecular flexibility index (Phi) is 4.61. The summed E-state index contributed by atoms with van der Waals surface area (Å²) < 4.78 is 44.0. The molecule has 0 aliphatic carbocycles. The maximum Gasteiger partial charge on any atom is 0.416 e. The van der Waals surface area contributed by atoms with Crippen molar-refractivity contribution in [3.05, 3.63) is 0 Å². The first kappa shape index (κ1) is 12.9. The first-order valence-electron chi connectivity index (χ1n) is 3.27. The lowest BCUT2D eigenvalue weighted by Crippen LogP contribution is -2.37. The van der Waals surface area contributed by atoms with Crippen molar-refractivity contribution in [2.24, 2.45) is 0 Å². The summed E-state index contributed by atoms with van der Waals surface area (Å²) in [5.74, 6) is -4.09. The second kappa shape index (κ2) is 4.99. The van der Waals surface area contributed by atoms with E-state index in [0.717, 1.165) is 14.2 Å². The van der Waals surface area contributed by atoms with E-state index in [1.165, 1.54) is 0 Å². The van der Waals surface area contributed by atoms with E-state index >= 15 is 0 Å². The SMILES string of the molecule is COC(=O)CS(=O)C(F)(F)C(=O)OC. The molecule has 0 saturated carbocycles. The average molecular weight is 230 g/mol. The minimum absolute atomic E-state index is 0.728. The molecule has 0 bridgehead atoms. The topological polar surface area (TPSA) is 69.7 Å². The molecule has 0 aromatic rings.